The molecule has 5 aliphatic heterocycles. The van der Waals surface area contributed by atoms with Crippen molar-refractivity contribution in [3.63, 3.8) is 0 Å². The van der Waals surface area contributed by atoms with Crippen LogP contribution in [-0.4, -0.2) is 151 Å². The predicted octanol–water partition coefficient (Wildman–Crippen LogP) is 4.08. The lowest BCUT2D eigenvalue weighted by Crippen LogP contribution is -2.81. The first-order chi connectivity index (χ1) is 30.2. The second-order valence-corrected chi connectivity index (χ2v) is 20.1. The first kappa shape index (κ1) is 44.1. The Hall–Kier alpha value is -4.12. The smallest absolute Gasteiger partial charge is 0.344 e. The number of nitrogens with zero attached hydrogens (tertiary/aromatic N) is 3. The number of aliphatic hydroxyl groups excluding tert-OH is 1. The van der Waals surface area contributed by atoms with Crippen LogP contribution in [0.15, 0.2) is 47.4 Å². The third kappa shape index (κ3) is 6.12. The molecular formula is C48H62N4O10S. The van der Waals surface area contributed by atoms with Crippen LogP contribution in [0.2, 0.25) is 0 Å². The van der Waals surface area contributed by atoms with Gasteiger partial charge < -0.3 is 44.2 Å². The number of nitrogens with one attached hydrogen (secondary N) is 1. The maximum atomic E-state index is 15.5. The number of hydrogen-bond donors (Lipinski definition) is 4. The molecule has 340 valence electrons. The maximum Gasteiger partial charge on any atom is 0.344 e. The van der Waals surface area contributed by atoms with Crippen molar-refractivity contribution in [2.24, 2.45) is 11.3 Å². The van der Waals surface area contributed by atoms with Crippen LogP contribution in [0.25, 0.3) is 10.9 Å². The molecule has 1 saturated carbocycles. The average Bonchev–Trinajstić information content (AvgIpc) is 3.94. The lowest BCUT2D eigenvalue weighted by Gasteiger charge is -2.63. The molecular weight excluding hydrogens is 825 g/mol. The van der Waals surface area contributed by atoms with E-state index in [-0.39, 0.29) is 18.6 Å². The zero-order chi connectivity index (χ0) is 44.9. The Balaban J connectivity index is 1.36. The molecule has 6 aliphatic rings. The summed E-state index contributed by atoms with van der Waals surface area (Å²) in [6.45, 7) is 8.51. The number of benzene rings is 2. The molecule has 1 aliphatic carbocycles. The third-order valence-corrected chi connectivity index (χ3v) is 17.0. The largest absolute Gasteiger partial charge is 0.496 e. The van der Waals surface area contributed by atoms with E-state index in [2.05, 4.69) is 26.9 Å². The summed E-state index contributed by atoms with van der Waals surface area (Å²) < 4.78 is 24.1. The van der Waals surface area contributed by atoms with Gasteiger partial charge in [-0.1, -0.05) is 26.0 Å². The Morgan fingerprint density at radius 1 is 0.968 bits per heavy atom. The van der Waals surface area contributed by atoms with Crippen LogP contribution in [0, 0.1) is 11.3 Å². The van der Waals surface area contributed by atoms with Crippen molar-refractivity contribution in [3.05, 3.63) is 64.9 Å². The molecule has 2 aromatic carbocycles. The highest BCUT2D eigenvalue weighted by atomic mass is 32.2. The minimum Gasteiger partial charge on any atom is -0.496 e. The highest BCUT2D eigenvalue weighted by molar-refractivity contribution is 7.99. The van der Waals surface area contributed by atoms with Crippen LogP contribution in [0.4, 0.5) is 5.69 Å². The van der Waals surface area contributed by atoms with E-state index in [0.717, 1.165) is 32.6 Å². The van der Waals surface area contributed by atoms with Gasteiger partial charge in [-0.15, -0.1) is 11.8 Å². The van der Waals surface area contributed by atoms with Gasteiger partial charge >= 0.3 is 17.9 Å². The van der Waals surface area contributed by atoms with Crippen LogP contribution in [-0.2, 0) is 45.8 Å². The zero-order valence-corrected chi connectivity index (χ0v) is 38.3. The van der Waals surface area contributed by atoms with Crippen molar-refractivity contribution >= 4 is 46.3 Å². The van der Waals surface area contributed by atoms with Gasteiger partial charge in [0.25, 0.3) is 0 Å². The average molecular weight is 887 g/mol. The second kappa shape index (κ2) is 15.8. The molecule has 6 heterocycles. The maximum absolute atomic E-state index is 15.5. The third-order valence-electron chi connectivity index (χ3n) is 16.0. The topological polar surface area (TPSA) is 174 Å². The van der Waals surface area contributed by atoms with Crippen LogP contribution in [0.5, 0.6) is 5.75 Å². The number of piperidine rings is 1. The Morgan fingerprint density at radius 2 is 1.75 bits per heavy atom. The molecule has 14 nitrogen and oxygen atoms in total. The van der Waals surface area contributed by atoms with E-state index in [9.17, 15) is 24.9 Å². The number of methoxy groups -OCH3 is 3. The summed E-state index contributed by atoms with van der Waals surface area (Å²) in [4.78, 5) is 54.5. The molecule has 9 rings (SSSR count). The molecule has 3 fully saturated rings. The molecule has 2 bridgehead atoms. The summed E-state index contributed by atoms with van der Waals surface area (Å²) in [5.74, 6) is -1.13. The number of fused-ring (bicyclic) bond motifs is 6. The van der Waals surface area contributed by atoms with Gasteiger partial charge in [0.05, 0.1) is 39.6 Å². The fourth-order valence-electron chi connectivity index (χ4n) is 13.8. The van der Waals surface area contributed by atoms with Crippen molar-refractivity contribution in [3.8, 4) is 5.75 Å². The highest BCUT2D eigenvalue weighted by Crippen LogP contribution is 2.68. The number of rotatable bonds is 10. The highest BCUT2D eigenvalue weighted by Gasteiger charge is 2.80. The molecule has 0 amide bonds. The number of aromatic amines is 1. The summed E-state index contributed by atoms with van der Waals surface area (Å²) in [5.41, 5.74) is -1.98. The van der Waals surface area contributed by atoms with Crippen molar-refractivity contribution in [1.29, 1.82) is 0 Å². The monoisotopic (exact) mass is 886 g/mol. The summed E-state index contributed by atoms with van der Waals surface area (Å²) in [7, 11) is 6.12. The summed E-state index contributed by atoms with van der Waals surface area (Å²) >= 11 is 1.57. The fourth-order valence-corrected chi connectivity index (χ4v) is 14.5. The number of ether oxygens (including phenoxy) is 4. The van der Waals surface area contributed by atoms with E-state index in [1.807, 2.05) is 56.1 Å². The molecule has 0 radical (unpaired) electrons. The molecule has 1 unspecified atom stereocenters. The minimum absolute atomic E-state index is 0.0431. The van der Waals surface area contributed by atoms with Crippen molar-refractivity contribution in [2.75, 3.05) is 78.4 Å². The van der Waals surface area contributed by atoms with E-state index in [0.29, 0.717) is 94.0 Å². The van der Waals surface area contributed by atoms with Gasteiger partial charge in [-0.25, -0.2) is 4.79 Å². The van der Waals surface area contributed by atoms with Crippen LogP contribution < -0.4 is 9.64 Å². The zero-order valence-electron chi connectivity index (χ0n) is 37.5. The number of aromatic nitrogens is 1. The van der Waals surface area contributed by atoms with Crippen LogP contribution >= 0.6 is 11.8 Å². The molecule has 1 spiro atoms. The quantitative estimate of drug-likeness (QED) is 0.0993. The van der Waals surface area contributed by atoms with Gasteiger partial charge in [-0.2, -0.15) is 0 Å². The summed E-state index contributed by atoms with van der Waals surface area (Å²) in [6, 6.07) is 8.95. The summed E-state index contributed by atoms with van der Waals surface area (Å²) in [6.07, 6.45) is 5.74. The standard InChI is InChI=1S/C48H62N4O10S/c1-8-44(57)24-29-25-47(42(55)60-6,38-31(13-17-51(26-29)27-44)32-21-30(63-20-19-53)11-12-35(32)49-38)34-22-33-36(23-37(34)59-5)50(4)40-46(33)15-18-52-16-10-14-45(9-2,39(46)52)41(62-28(3)54)48(40,58)43(56)61-7/h10-12,14,21-23,29,39-41,49,53,57-58H,8-9,13,15-20,24-27H2,1-7H3/t29-,39+,40-,41-,44+,45-,46-,47+,48+/m1/s1. The van der Waals surface area contributed by atoms with Crippen molar-refractivity contribution in [1.82, 2.24) is 14.8 Å². The van der Waals surface area contributed by atoms with Gasteiger partial charge in [0.15, 0.2) is 6.10 Å². The van der Waals surface area contributed by atoms with Gasteiger partial charge in [0.2, 0.25) is 5.60 Å². The SMILES string of the molecule is CC[C@]1(O)C[C@H]2CN(CCc3c([nH]c4ccc(SCCO)cc34)[C@@](C(=O)OC)(c3cc4c(cc3OC)N(C)[C@H]3[C@@](O)(C(=O)OC)[C@H](OC(C)=O)[C@]5(CC)C=CCN6CC[C@]43[C@@H]65)C2)C1. The number of thioether (sulfide) groups is 1. The Bertz CT molecular complexity index is 2370. The van der Waals surface area contributed by atoms with E-state index in [4.69, 9.17) is 18.9 Å². The van der Waals surface area contributed by atoms with Gasteiger partial charge in [-0.3, -0.25) is 19.4 Å². The number of H-pyrrole nitrogens is 1. The number of carbonyl (C=O) groups excluding carboxylic acids is 3. The van der Waals surface area contributed by atoms with Gasteiger partial charge in [0, 0.05) is 102 Å². The Kier molecular flexibility index (Phi) is 11.1. The Morgan fingerprint density at radius 3 is 2.43 bits per heavy atom. The number of aliphatic hydroxyl groups is 3. The van der Waals surface area contributed by atoms with E-state index < -0.39 is 57.5 Å². The van der Waals surface area contributed by atoms with Gasteiger partial charge in [0.1, 0.15) is 11.2 Å². The lowest BCUT2D eigenvalue weighted by molar-refractivity contribution is -0.228. The lowest BCUT2D eigenvalue weighted by atomic mass is 9.47. The molecule has 10 atom stereocenters. The fraction of sp³-hybridized carbons (Fsp3) is 0.604. The molecule has 2 saturated heterocycles. The molecule has 4 N–H and O–H groups in total. The van der Waals surface area contributed by atoms with E-state index in [1.165, 1.54) is 21.1 Å². The number of likely N-dealkylation sites (N-methyl/N-ethyl adjacent to an activating group) is 1. The number of esters is 3. The van der Waals surface area contributed by atoms with E-state index >= 15 is 4.79 Å². The first-order valence-electron chi connectivity index (χ1n) is 22.4. The first-order valence-corrected chi connectivity index (χ1v) is 23.4. The van der Waals surface area contributed by atoms with Crippen LogP contribution in [0.1, 0.15) is 75.3 Å². The number of carbonyl (C=O) groups is 3. The summed E-state index contributed by atoms with van der Waals surface area (Å²) in [5, 5.41) is 36.1. The minimum atomic E-state index is -2.32. The second-order valence-electron chi connectivity index (χ2n) is 18.9. The molecule has 63 heavy (non-hydrogen) atoms. The van der Waals surface area contributed by atoms with E-state index in [1.54, 1.807) is 18.9 Å². The van der Waals surface area contributed by atoms with Crippen LogP contribution in [0.3, 0.4) is 0 Å². The van der Waals surface area contributed by atoms with Crippen molar-refractivity contribution < 1.29 is 48.7 Å². The Labute approximate surface area is 373 Å². The normalized spacial score (nSPS) is 35.4. The molecule has 1 aromatic heterocycles. The molecule has 15 heteroatoms. The number of hydrogen-bond acceptors (Lipinski definition) is 14. The number of anilines is 1. The van der Waals surface area contributed by atoms with Crippen molar-refractivity contribution in [2.45, 2.75) is 104 Å². The van der Waals surface area contributed by atoms with Gasteiger partial charge in [-0.05, 0) is 86.4 Å². The predicted molar refractivity (Wildman–Crippen MR) is 238 cm³/mol. The molecule has 3 aromatic rings.